The molecule has 0 fully saturated rings. The van der Waals surface area contributed by atoms with Crippen molar-refractivity contribution in [1.29, 1.82) is 0 Å². The van der Waals surface area contributed by atoms with Crippen molar-refractivity contribution in [1.82, 2.24) is 0 Å². The number of ether oxygens (including phenoxy) is 4. The highest BCUT2D eigenvalue weighted by molar-refractivity contribution is 6.05. The van der Waals surface area contributed by atoms with Gasteiger partial charge in [0.25, 0.3) is 0 Å². The molecule has 1 aliphatic heterocycles. The molecule has 1 heterocycles. The summed E-state index contributed by atoms with van der Waals surface area (Å²) in [5, 5.41) is 0. The molecular formula is C11H10O6. The summed E-state index contributed by atoms with van der Waals surface area (Å²) in [5.41, 5.74) is 0.109. The summed E-state index contributed by atoms with van der Waals surface area (Å²) in [6, 6.07) is 2.98. The van der Waals surface area contributed by atoms with Gasteiger partial charge < -0.3 is 18.9 Å². The molecule has 1 aromatic rings. The van der Waals surface area contributed by atoms with Crippen molar-refractivity contribution in [2.45, 2.75) is 0 Å². The fraction of sp³-hybridized carbons (Fsp3) is 0.273. The summed E-state index contributed by atoms with van der Waals surface area (Å²) in [5.74, 6) is -0.700. The number of carbonyl (C=O) groups is 2. The lowest BCUT2D eigenvalue weighted by Crippen LogP contribution is -2.12. The predicted octanol–water partition coefficient (Wildman–Crippen LogP) is 0.989. The summed E-state index contributed by atoms with van der Waals surface area (Å²) < 4.78 is 19.5. The number of methoxy groups -OCH3 is 2. The molecule has 17 heavy (non-hydrogen) atoms. The molecule has 0 N–H and O–H groups in total. The largest absolute Gasteiger partial charge is 0.465 e. The van der Waals surface area contributed by atoms with Crippen molar-refractivity contribution < 1.29 is 28.5 Å². The average molecular weight is 238 g/mol. The maximum atomic E-state index is 11.6. The van der Waals surface area contributed by atoms with Crippen LogP contribution in [0.2, 0.25) is 0 Å². The normalized spacial score (nSPS) is 12.1. The number of hydrogen-bond donors (Lipinski definition) is 0. The maximum absolute atomic E-state index is 11.6. The average Bonchev–Trinajstić information content (AvgIpc) is 2.83. The van der Waals surface area contributed by atoms with Gasteiger partial charge in [0.15, 0.2) is 11.5 Å². The molecule has 0 aromatic heterocycles. The van der Waals surface area contributed by atoms with E-state index in [0.29, 0.717) is 5.75 Å². The second-order valence-electron chi connectivity index (χ2n) is 3.21. The van der Waals surface area contributed by atoms with E-state index in [4.69, 9.17) is 9.47 Å². The quantitative estimate of drug-likeness (QED) is 0.715. The summed E-state index contributed by atoms with van der Waals surface area (Å²) in [4.78, 5) is 23.2. The van der Waals surface area contributed by atoms with E-state index in [1.807, 2.05) is 0 Å². The van der Waals surface area contributed by atoms with Crippen LogP contribution in [0, 0.1) is 0 Å². The minimum absolute atomic E-state index is 0.00392. The highest BCUT2D eigenvalue weighted by Crippen LogP contribution is 2.38. The van der Waals surface area contributed by atoms with Gasteiger partial charge in [-0.25, -0.2) is 9.59 Å². The lowest BCUT2D eigenvalue weighted by molar-refractivity contribution is 0.0551. The van der Waals surface area contributed by atoms with Crippen molar-refractivity contribution in [3.8, 4) is 11.5 Å². The predicted molar refractivity (Wildman–Crippen MR) is 55.2 cm³/mol. The highest BCUT2D eigenvalue weighted by atomic mass is 16.7. The molecular weight excluding hydrogens is 228 g/mol. The van der Waals surface area contributed by atoms with Crippen molar-refractivity contribution in [3.05, 3.63) is 23.3 Å². The lowest BCUT2D eigenvalue weighted by Gasteiger charge is -2.08. The molecule has 0 amide bonds. The fourth-order valence-corrected chi connectivity index (χ4v) is 1.56. The van der Waals surface area contributed by atoms with Gasteiger partial charge >= 0.3 is 11.9 Å². The van der Waals surface area contributed by atoms with Crippen molar-refractivity contribution in [3.63, 3.8) is 0 Å². The lowest BCUT2D eigenvalue weighted by atomic mass is 10.1. The molecule has 0 radical (unpaired) electrons. The Morgan fingerprint density at radius 1 is 1.12 bits per heavy atom. The molecule has 0 atom stereocenters. The van der Waals surface area contributed by atoms with Crippen LogP contribution in [0.1, 0.15) is 20.7 Å². The number of carbonyl (C=O) groups excluding carboxylic acids is 2. The van der Waals surface area contributed by atoms with Gasteiger partial charge in [0.05, 0.1) is 19.8 Å². The Balaban J connectivity index is 2.60. The third-order valence-electron chi connectivity index (χ3n) is 2.33. The fourth-order valence-electron chi connectivity index (χ4n) is 1.56. The molecule has 1 aliphatic rings. The summed E-state index contributed by atoms with van der Waals surface area (Å²) in [6.07, 6.45) is 0. The first-order valence-electron chi connectivity index (χ1n) is 4.78. The Kier molecular flexibility index (Phi) is 2.86. The molecule has 6 heteroatoms. The van der Waals surface area contributed by atoms with Crippen LogP contribution in [-0.2, 0) is 9.47 Å². The Bertz CT molecular complexity index is 479. The Morgan fingerprint density at radius 2 is 1.82 bits per heavy atom. The first kappa shape index (κ1) is 11.3. The molecule has 0 unspecified atom stereocenters. The zero-order valence-corrected chi connectivity index (χ0v) is 9.31. The third kappa shape index (κ3) is 1.77. The van der Waals surface area contributed by atoms with Crippen LogP contribution in [-0.4, -0.2) is 33.0 Å². The monoisotopic (exact) mass is 238 g/mol. The van der Waals surface area contributed by atoms with Crippen LogP contribution >= 0.6 is 0 Å². The Hall–Kier alpha value is -2.24. The maximum Gasteiger partial charge on any atom is 0.342 e. The van der Waals surface area contributed by atoms with E-state index in [1.54, 1.807) is 6.07 Å². The van der Waals surface area contributed by atoms with Gasteiger partial charge in [-0.1, -0.05) is 0 Å². The van der Waals surface area contributed by atoms with E-state index >= 15 is 0 Å². The first-order chi connectivity index (χ1) is 8.19. The summed E-state index contributed by atoms with van der Waals surface area (Å²) in [6.45, 7) is 0.00392. The van der Waals surface area contributed by atoms with Gasteiger partial charge in [-0.3, -0.25) is 0 Å². The minimum atomic E-state index is -0.673. The molecule has 0 saturated carbocycles. The summed E-state index contributed by atoms with van der Waals surface area (Å²) in [7, 11) is 2.45. The molecule has 0 spiro atoms. The van der Waals surface area contributed by atoms with Crippen LogP contribution in [0.5, 0.6) is 11.5 Å². The molecule has 1 aromatic carbocycles. The third-order valence-corrected chi connectivity index (χ3v) is 2.33. The van der Waals surface area contributed by atoms with Gasteiger partial charge in [-0.05, 0) is 12.1 Å². The molecule has 6 nitrogen and oxygen atoms in total. The van der Waals surface area contributed by atoms with E-state index in [0.717, 1.165) is 0 Å². The summed E-state index contributed by atoms with van der Waals surface area (Å²) >= 11 is 0. The van der Waals surface area contributed by atoms with E-state index in [2.05, 4.69) is 9.47 Å². The minimum Gasteiger partial charge on any atom is -0.465 e. The smallest absolute Gasteiger partial charge is 0.342 e. The number of benzene rings is 1. The molecule has 0 bridgehead atoms. The molecule has 90 valence electrons. The number of rotatable bonds is 2. The number of hydrogen-bond acceptors (Lipinski definition) is 6. The number of esters is 2. The molecule has 0 aliphatic carbocycles. The van der Waals surface area contributed by atoms with Gasteiger partial charge in [-0.15, -0.1) is 0 Å². The Labute approximate surface area is 97.0 Å². The van der Waals surface area contributed by atoms with Crippen LogP contribution < -0.4 is 9.47 Å². The second kappa shape index (κ2) is 4.32. The van der Waals surface area contributed by atoms with Crippen LogP contribution in [0.15, 0.2) is 12.1 Å². The van der Waals surface area contributed by atoms with E-state index in [1.165, 1.54) is 20.3 Å². The molecule has 0 saturated heterocycles. The van der Waals surface area contributed by atoms with E-state index in [9.17, 15) is 9.59 Å². The topological polar surface area (TPSA) is 71.1 Å². The SMILES string of the molecule is COC(=O)c1ccc2c(c1C(=O)OC)OCO2. The zero-order chi connectivity index (χ0) is 12.4. The van der Waals surface area contributed by atoms with E-state index in [-0.39, 0.29) is 23.7 Å². The zero-order valence-electron chi connectivity index (χ0n) is 9.31. The van der Waals surface area contributed by atoms with Crippen molar-refractivity contribution in [2.75, 3.05) is 21.0 Å². The van der Waals surface area contributed by atoms with Crippen molar-refractivity contribution >= 4 is 11.9 Å². The van der Waals surface area contributed by atoms with Gasteiger partial charge in [-0.2, -0.15) is 0 Å². The highest BCUT2D eigenvalue weighted by Gasteiger charge is 2.29. The number of fused-ring (bicyclic) bond motifs is 1. The van der Waals surface area contributed by atoms with Gasteiger partial charge in [0, 0.05) is 0 Å². The van der Waals surface area contributed by atoms with Crippen LogP contribution in [0.4, 0.5) is 0 Å². The van der Waals surface area contributed by atoms with Crippen LogP contribution in [0.3, 0.4) is 0 Å². The van der Waals surface area contributed by atoms with E-state index < -0.39 is 11.9 Å². The van der Waals surface area contributed by atoms with Crippen LogP contribution in [0.25, 0.3) is 0 Å². The van der Waals surface area contributed by atoms with Gasteiger partial charge in [0.1, 0.15) is 5.56 Å². The molecule has 2 rings (SSSR count). The standard InChI is InChI=1S/C11H10O6/c1-14-10(12)6-3-4-7-9(17-5-16-7)8(6)11(13)15-2/h3-4H,5H2,1-2H3. The Morgan fingerprint density at radius 3 is 2.47 bits per heavy atom. The second-order valence-corrected chi connectivity index (χ2v) is 3.21. The van der Waals surface area contributed by atoms with Crippen molar-refractivity contribution in [2.24, 2.45) is 0 Å². The van der Waals surface area contributed by atoms with Gasteiger partial charge in [0.2, 0.25) is 6.79 Å². The first-order valence-corrected chi connectivity index (χ1v) is 4.78.